The van der Waals surface area contributed by atoms with Crippen LogP contribution in [0.5, 0.6) is 0 Å². The van der Waals surface area contributed by atoms with Gasteiger partial charge in [-0.1, -0.05) is 110 Å². The van der Waals surface area contributed by atoms with Crippen LogP contribution in [0.4, 0.5) is 0 Å². The number of nitrogens with one attached hydrogen (secondary N) is 2. The summed E-state index contributed by atoms with van der Waals surface area (Å²) in [5.74, 6) is 0.648. The number of nitrogens with zero attached hydrogens (tertiary/aromatic N) is 2. The quantitative estimate of drug-likeness (QED) is 0.0638. The Labute approximate surface area is 385 Å². The number of aryl methyl sites for hydroxylation is 1. The van der Waals surface area contributed by atoms with Crippen LogP contribution in [-0.4, -0.2) is 57.0 Å². The molecule has 0 saturated carbocycles. The second-order valence-corrected chi connectivity index (χ2v) is 19.1. The standard InChI is InChI=1S/C55H70N4O6/c1-12-38-35(8)42-27-43-36(9)40(23-24-48(61)65-26-25-34(7)22-16-21-33(6)20-15-19-32(5)18-14-17-31(3)4)52(58-43)50-51(55(63)64-11)54(62)49-37(10)44(59-53(49)50)28-46-39(13-2)41(30-60)47(57-46)29-45(38)56-42/h12-13,25,27-33,36,40,58-59,62H,1-2,14-24,26H2,3-11H3/b34-25+,43-27?,45-29?,46-28?,52-50?/t32-,33-,36+,40+/m1/s1. The number of hydrogen-bond acceptors (Lipinski definition) is 8. The van der Waals surface area contributed by atoms with E-state index in [1.54, 1.807) is 18.2 Å². The average Bonchev–Trinajstić information content (AvgIpc) is 4.02. The van der Waals surface area contributed by atoms with Gasteiger partial charge in [0.1, 0.15) is 17.9 Å². The molecule has 2 aromatic heterocycles. The Hall–Kier alpha value is -5.77. The van der Waals surface area contributed by atoms with Crippen LogP contribution in [0.2, 0.25) is 0 Å². The van der Waals surface area contributed by atoms with Crippen molar-refractivity contribution in [3.05, 3.63) is 106 Å². The number of aldehydes is 1. The number of H-pyrrole nitrogens is 2. The zero-order valence-corrected chi connectivity index (χ0v) is 40.2. The minimum atomic E-state index is -0.690. The normalized spacial score (nSPS) is 17.4. The van der Waals surface area contributed by atoms with E-state index in [4.69, 9.17) is 19.4 Å². The first-order valence-corrected chi connectivity index (χ1v) is 23.7. The van der Waals surface area contributed by atoms with Crippen molar-refractivity contribution in [1.29, 1.82) is 0 Å². The van der Waals surface area contributed by atoms with Crippen LogP contribution in [0.25, 0.3) is 44.7 Å². The second kappa shape index (κ2) is 21.5. The maximum absolute atomic E-state index is 13.6. The zero-order chi connectivity index (χ0) is 47.1. The molecule has 4 atom stereocenters. The molecule has 0 spiro atoms. The molecule has 6 rings (SSSR count). The van der Waals surface area contributed by atoms with Gasteiger partial charge in [0.15, 0.2) is 6.29 Å². The molecule has 10 heteroatoms. The topological polar surface area (TPSA) is 147 Å². The molecule has 5 heterocycles. The highest BCUT2D eigenvalue weighted by atomic mass is 16.5. The molecule has 4 aliphatic rings. The molecule has 2 aromatic rings. The van der Waals surface area contributed by atoms with E-state index >= 15 is 0 Å². The van der Waals surface area contributed by atoms with Gasteiger partial charge in [0.05, 0.1) is 35.4 Å². The predicted octanol–water partition coefficient (Wildman–Crippen LogP) is 13.3. The number of hydrogen-bond donors (Lipinski definition) is 3. The fourth-order valence-electron chi connectivity index (χ4n) is 9.86. The van der Waals surface area contributed by atoms with Gasteiger partial charge in [-0.2, -0.15) is 0 Å². The van der Waals surface area contributed by atoms with Crippen molar-refractivity contribution in [2.45, 2.75) is 138 Å². The lowest BCUT2D eigenvalue weighted by Crippen LogP contribution is -2.12. The first kappa shape index (κ1) is 48.7. The van der Waals surface area contributed by atoms with E-state index in [1.807, 2.05) is 32.1 Å². The monoisotopic (exact) mass is 883 g/mol. The molecular weight excluding hydrogens is 813 g/mol. The van der Waals surface area contributed by atoms with Crippen molar-refractivity contribution in [3.8, 4) is 0 Å². The lowest BCUT2D eigenvalue weighted by atomic mass is 9.85. The summed E-state index contributed by atoms with van der Waals surface area (Å²) in [6, 6.07) is 5.59. The van der Waals surface area contributed by atoms with Crippen LogP contribution in [0.3, 0.4) is 0 Å². The summed E-state index contributed by atoms with van der Waals surface area (Å²) in [6.45, 7) is 25.7. The van der Waals surface area contributed by atoms with Crippen LogP contribution < -0.4 is 0 Å². The summed E-state index contributed by atoms with van der Waals surface area (Å²) < 4.78 is 11.0. The Balaban J connectivity index is 1.25. The number of aliphatic hydroxyl groups excluding tert-OH is 1. The van der Waals surface area contributed by atoms with E-state index in [1.165, 1.54) is 57.6 Å². The van der Waals surface area contributed by atoms with Gasteiger partial charge in [-0.3, -0.25) is 9.59 Å². The summed E-state index contributed by atoms with van der Waals surface area (Å²) in [7, 11) is 1.29. The number of aromatic nitrogens is 4. The largest absolute Gasteiger partial charge is 0.506 e. The fourth-order valence-corrected chi connectivity index (χ4v) is 9.86. The maximum Gasteiger partial charge on any atom is 0.342 e. The predicted molar refractivity (Wildman–Crippen MR) is 264 cm³/mol. The number of allylic oxidation sites excluding steroid dienone is 7. The van der Waals surface area contributed by atoms with Gasteiger partial charge in [0, 0.05) is 63.0 Å². The second-order valence-electron chi connectivity index (χ2n) is 19.1. The van der Waals surface area contributed by atoms with Gasteiger partial charge < -0.3 is 24.5 Å². The summed E-state index contributed by atoms with van der Waals surface area (Å²) in [4.78, 5) is 56.6. The highest BCUT2D eigenvalue weighted by molar-refractivity contribution is 6.30. The highest BCUT2D eigenvalue weighted by Crippen LogP contribution is 2.49. The van der Waals surface area contributed by atoms with Gasteiger partial charge in [-0.25, -0.2) is 14.8 Å². The molecule has 0 fully saturated rings. The fraction of sp³-hybridized carbons (Fsp3) is 0.473. The van der Waals surface area contributed by atoms with Gasteiger partial charge >= 0.3 is 11.9 Å². The van der Waals surface area contributed by atoms with E-state index in [0.717, 1.165) is 47.8 Å². The molecule has 0 saturated heterocycles. The molecule has 10 nitrogen and oxygen atoms in total. The SMILES string of the molecule is C=CC1=C(C)c2cc3[nH]c(c4c5[nH]c(cc6nc(cc1n2)C(C=O)=C6C=C)c(C)c5C(O)=C4C(=O)OC)[C@@H](CCC(=O)OC/C=C(\C)CCC[C@H](C)CCC[C@H](C)CCCC(C)C)[C@@H]3C. The Morgan fingerprint density at radius 1 is 0.831 bits per heavy atom. The Kier molecular flexibility index (Phi) is 16.1. The number of methoxy groups -OCH3 is 1. The van der Waals surface area contributed by atoms with Gasteiger partial charge in [-0.05, 0) is 93.2 Å². The Morgan fingerprint density at radius 3 is 2.11 bits per heavy atom. The highest BCUT2D eigenvalue weighted by Gasteiger charge is 2.39. The van der Waals surface area contributed by atoms with Crippen molar-refractivity contribution >= 4 is 62.9 Å². The molecular formula is C55H70N4O6. The summed E-state index contributed by atoms with van der Waals surface area (Å²) >= 11 is 0. The number of esters is 2. The van der Waals surface area contributed by atoms with Gasteiger partial charge in [-0.15, -0.1) is 0 Å². The van der Waals surface area contributed by atoms with Gasteiger partial charge in [0.2, 0.25) is 0 Å². The van der Waals surface area contributed by atoms with Crippen LogP contribution >= 0.6 is 0 Å². The number of carbonyl (C=O) groups excluding carboxylic acids is 3. The first-order chi connectivity index (χ1) is 31.1. The van der Waals surface area contributed by atoms with Crippen LogP contribution in [0.1, 0.15) is 182 Å². The number of aliphatic hydroxyl groups is 1. The molecule has 0 aromatic carbocycles. The molecule has 65 heavy (non-hydrogen) atoms. The van der Waals surface area contributed by atoms with Crippen LogP contribution in [-0.2, 0) is 23.9 Å². The summed E-state index contributed by atoms with van der Waals surface area (Å²) in [5, 5.41) is 11.9. The number of aromatic amines is 2. The van der Waals surface area contributed by atoms with Crippen molar-refractivity contribution in [1.82, 2.24) is 19.9 Å². The molecule has 0 radical (unpaired) electrons. The van der Waals surface area contributed by atoms with Crippen molar-refractivity contribution < 1.29 is 29.0 Å². The van der Waals surface area contributed by atoms with Crippen LogP contribution in [0.15, 0.2) is 55.2 Å². The lowest BCUT2D eigenvalue weighted by molar-refractivity contribution is -0.142. The van der Waals surface area contributed by atoms with E-state index in [-0.39, 0.29) is 42.2 Å². The number of rotatable bonds is 21. The first-order valence-electron chi connectivity index (χ1n) is 23.7. The molecule has 8 bridgehead atoms. The lowest BCUT2D eigenvalue weighted by Gasteiger charge is -2.18. The minimum Gasteiger partial charge on any atom is -0.506 e. The van der Waals surface area contributed by atoms with E-state index < -0.39 is 5.97 Å². The minimum absolute atomic E-state index is 0.0300. The third-order valence-electron chi connectivity index (χ3n) is 13.9. The summed E-state index contributed by atoms with van der Waals surface area (Å²) in [6.07, 6.45) is 17.9. The van der Waals surface area contributed by atoms with Crippen LogP contribution in [0, 0.1) is 24.7 Å². The molecule has 3 N–H and O–H groups in total. The smallest absolute Gasteiger partial charge is 0.342 e. The molecule has 346 valence electrons. The van der Waals surface area contributed by atoms with E-state index in [0.29, 0.717) is 79.7 Å². The van der Waals surface area contributed by atoms with Gasteiger partial charge in [0.25, 0.3) is 0 Å². The van der Waals surface area contributed by atoms with E-state index in [2.05, 4.69) is 64.7 Å². The number of carbonyl (C=O) groups is 3. The third kappa shape index (κ3) is 10.7. The van der Waals surface area contributed by atoms with Crippen molar-refractivity contribution in [2.24, 2.45) is 17.8 Å². The third-order valence-corrected chi connectivity index (χ3v) is 13.9. The number of fused-ring (bicyclic) bond motifs is 8. The molecule has 0 unspecified atom stereocenters. The van der Waals surface area contributed by atoms with E-state index in [9.17, 15) is 19.5 Å². The average molecular weight is 883 g/mol. The Morgan fingerprint density at radius 2 is 1.46 bits per heavy atom. The maximum atomic E-state index is 13.6. The molecule has 1 aliphatic carbocycles. The number of ether oxygens (including phenoxy) is 2. The molecule has 3 aliphatic heterocycles. The summed E-state index contributed by atoms with van der Waals surface area (Å²) in [5.41, 5.74) is 10.4. The van der Waals surface area contributed by atoms with Crippen molar-refractivity contribution in [3.63, 3.8) is 0 Å². The van der Waals surface area contributed by atoms with Crippen molar-refractivity contribution in [2.75, 3.05) is 13.7 Å². The Bertz CT molecular complexity index is 2540. The zero-order valence-electron chi connectivity index (χ0n) is 40.2. The molecule has 0 amide bonds.